The van der Waals surface area contributed by atoms with Crippen molar-refractivity contribution in [3.8, 4) is 0 Å². The number of nitrogens with two attached hydrogens (primary N) is 1. The molecular formula is C12H14N2O6S. The normalized spacial score (nSPS) is 20.1. The molecule has 0 aliphatic carbocycles. The van der Waals surface area contributed by atoms with Crippen LogP contribution in [0.1, 0.15) is 10.4 Å². The number of carbonyl (C=O) groups is 2. The molecule has 1 amide bonds. The molecule has 3 N–H and O–H groups in total. The predicted molar refractivity (Wildman–Crippen MR) is 71.1 cm³/mol. The third-order valence-corrected chi connectivity index (χ3v) is 5.03. The summed E-state index contributed by atoms with van der Waals surface area (Å²) < 4.78 is 30.8. The Balaban J connectivity index is 2.35. The van der Waals surface area contributed by atoms with Gasteiger partial charge in [-0.15, -0.1) is 0 Å². The summed E-state index contributed by atoms with van der Waals surface area (Å²) in [6, 6.07) is 3.75. The largest absolute Gasteiger partial charge is 0.480 e. The van der Waals surface area contributed by atoms with E-state index in [0.29, 0.717) is 0 Å². The van der Waals surface area contributed by atoms with E-state index in [1.807, 2.05) is 0 Å². The Morgan fingerprint density at radius 2 is 1.90 bits per heavy atom. The summed E-state index contributed by atoms with van der Waals surface area (Å²) in [5, 5.41) is 9.09. The number of primary amides is 1. The minimum Gasteiger partial charge on any atom is -0.480 e. The van der Waals surface area contributed by atoms with Gasteiger partial charge in [-0.2, -0.15) is 4.31 Å². The van der Waals surface area contributed by atoms with Crippen LogP contribution >= 0.6 is 0 Å². The van der Waals surface area contributed by atoms with Gasteiger partial charge in [0.25, 0.3) is 0 Å². The highest BCUT2D eigenvalue weighted by Crippen LogP contribution is 2.21. The molecule has 9 heteroatoms. The fourth-order valence-electron chi connectivity index (χ4n) is 2.00. The van der Waals surface area contributed by atoms with Crippen molar-refractivity contribution in [2.45, 2.75) is 10.9 Å². The molecule has 0 spiro atoms. The number of ether oxygens (including phenoxy) is 1. The lowest BCUT2D eigenvalue weighted by Crippen LogP contribution is -2.52. The monoisotopic (exact) mass is 314 g/mol. The van der Waals surface area contributed by atoms with Crippen molar-refractivity contribution in [2.24, 2.45) is 5.73 Å². The highest BCUT2D eigenvalue weighted by Gasteiger charge is 2.38. The topological polar surface area (TPSA) is 127 Å². The van der Waals surface area contributed by atoms with Crippen LogP contribution in [-0.4, -0.2) is 55.5 Å². The van der Waals surface area contributed by atoms with Gasteiger partial charge in [0.2, 0.25) is 15.9 Å². The fraction of sp³-hybridized carbons (Fsp3) is 0.333. The zero-order chi connectivity index (χ0) is 15.6. The number of morpholine rings is 1. The van der Waals surface area contributed by atoms with E-state index in [0.717, 1.165) is 4.31 Å². The second kappa shape index (κ2) is 5.80. The summed E-state index contributed by atoms with van der Waals surface area (Å²) in [6.07, 6.45) is 0. The van der Waals surface area contributed by atoms with E-state index in [1.165, 1.54) is 24.3 Å². The van der Waals surface area contributed by atoms with E-state index in [4.69, 9.17) is 15.6 Å². The molecule has 1 atom stereocenters. The zero-order valence-electron chi connectivity index (χ0n) is 10.9. The summed E-state index contributed by atoms with van der Waals surface area (Å²) in [5.74, 6) is -1.94. The van der Waals surface area contributed by atoms with Crippen molar-refractivity contribution >= 4 is 21.9 Å². The molecule has 1 unspecified atom stereocenters. The molecule has 0 radical (unpaired) electrons. The lowest BCUT2D eigenvalue weighted by molar-refractivity contribution is -0.146. The van der Waals surface area contributed by atoms with Crippen molar-refractivity contribution < 1.29 is 27.9 Å². The van der Waals surface area contributed by atoms with Crippen LogP contribution in [0, 0.1) is 0 Å². The number of sulfonamides is 1. The third kappa shape index (κ3) is 3.04. The molecule has 1 aromatic rings. The summed E-state index contributed by atoms with van der Waals surface area (Å²) in [5.41, 5.74) is 5.26. The number of benzene rings is 1. The maximum absolute atomic E-state index is 12.5. The average Bonchev–Trinajstić information content (AvgIpc) is 2.47. The van der Waals surface area contributed by atoms with Crippen molar-refractivity contribution in [2.75, 3.05) is 19.8 Å². The summed E-state index contributed by atoms with van der Waals surface area (Å²) in [4.78, 5) is 22.0. The van der Waals surface area contributed by atoms with Crippen LogP contribution in [0.25, 0.3) is 0 Å². The zero-order valence-corrected chi connectivity index (χ0v) is 11.7. The molecule has 1 heterocycles. The third-order valence-electron chi connectivity index (χ3n) is 3.11. The summed E-state index contributed by atoms with van der Waals surface area (Å²) >= 11 is 0. The highest BCUT2D eigenvalue weighted by atomic mass is 32.2. The molecule has 114 valence electrons. The predicted octanol–water partition coefficient (Wildman–Crippen LogP) is -0.740. The number of carboxylic acid groups (broad SMARTS) is 1. The minimum absolute atomic E-state index is 0.0448. The molecule has 0 aromatic heterocycles. The Bertz CT molecular complexity index is 655. The number of nitrogens with zero attached hydrogens (tertiary/aromatic N) is 1. The number of hydrogen-bond donors (Lipinski definition) is 2. The smallest absolute Gasteiger partial charge is 0.324 e. The molecule has 1 fully saturated rings. The molecule has 8 nitrogen and oxygen atoms in total. The van der Waals surface area contributed by atoms with Gasteiger partial charge >= 0.3 is 5.97 Å². The van der Waals surface area contributed by atoms with E-state index < -0.39 is 27.9 Å². The number of amides is 1. The Morgan fingerprint density at radius 3 is 2.43 bits per heavy atom. The molecule has 1 aromatic carbocycles. The van der Waals surface area contributed by atoms with E-state index in [-0.39, 0.29) is 30.2 Å². The molecule has 21 heavy (non-hydrogen) atoms. The van der Waals surface area contributed by atoms with Crippen LogP contribution in [0.5, 0.6) is 0 Å². The van der Waals surface area contributed by atoms with Gasteiger partial charge in [-0.3, -0.25) is 9.59 Å². The van der Waals surface area contributed by atoms with Crippen molar-refractivity contribution in [1.82, 2.24) is 4.31 Å². The molecule has 1 saturated heterocycles. The van der Waals surface area contributed by atoms with Crippen LogP contribution in [-0.2, 0) is 19.6 Å². The first-order valence-corrected chi connectivity index (χ1v) is 7.50. The first kappa shape index (κ1) is 15.4. The van der Waals surface area contributed by atoms with Gasteiger partial charge in [0, 0.05) is 12.1 Å². The lowest BCUT2D eigenvalue weighted by atomic mass is 10.2. The standard InChI is InChI=1S/C12H14N2O6S/c13-11(15)8-1-3-9(4-2-8)21(18,19)14-5-6-20-7-10(14)12(16)17/h1-4,10H,5-7H2,(H2,13,15)(H,16,17). The number of carboxylic acids is 1. The summed E-state index contributed by atoms with van der Waals surface area (Å²) in [7, 11) is -3.98. The van der Waals surface area contributed by atoms with Crippen molar-refractivity contribution in [3.05, 3.63) is 29.8 Å². The first-order chi connectivity index (χ1) is 9.84. The van der Waals surface area contributed by atoms with Gasteiger partial charge in [0.15, 0.2) is 0 Å². The van der Waals surface area contributed by atoms with Crippen LogP contribution in [0.15, 0.2) is 29.2 Å². The highest BCUT2D eigenvalue weighted by molar-refractivity contribution is 7.89. The minimum atomic E-state index is -3.98. The van der Waals surface area contributed by atoms with Crippen molar-refractivity contribution in [1.29, 1.82) is 0 Å². The van der Waals surface area contributed by atoms with Gasteiger partial charge in [-0.25, -0.2) is 8.42 Å². The maximum Gasteiger partial charge on any atom is 0.324 e. The Labute approximate surface area is 121 Å². The Hall–Kier alpha value is -1.97. The number of aliphatic carboxylic acids is 1. The SMILES string of the molecule is NC(=O)c1ccc(S(=O)(=O)N2CCOCC2C(=O)O)cc1. The molecule has 2 rings (SSSR count). The van der Waals surface area contributed by atoms with Crippen LogP contribution in [0.4, 0.5) is 0 Å². The van der Waals surface area contributed by atoms with Gasteiger partial charge in [0.1, 0.15) is 6.04 Å². The number of hydrogen-bond acceptors (Lipinski definition) is 5. The fourth-order valence-corrected chi connectivity index (χ4v) is 3.55. The van der Waals surface area contributed by atoms with E-state index in [9.17, 15) is 18.0 Å². The Kier molecular flexibility index (Phi) is 4.26. The quantitative estimate of drug-likeness (QED) is 0.753. The second-order valence-electron chi connectivity index (χ2n) is 4.43. The van der Waals surface area contributed by atoms with E-state index in [1.54, 1.807) is 0 Å². The molecule has 1 aliphatic rings. The Morgan fingerprint density at radius 1 is 1.29 bits per heavy atom. The van der Waals surface area contributed by atoms with Gasteiger partial charge < -0.3 is 15.6 Å². The second-order valence-corrected chi connectivity index (χ2v) is 6.32. The lowest BCUT2D eigenvalue weighted by Gasteiger charge is -2.31. The number of rotatable bonds is 4. The van der Waals surface area contributed by atoms with Gasteiger partial charge in [-0.1, -0.05) is 0 Å². The first-order valence-electron chi connectivity index (χ1n) is 6.06. The van der Waals surface area contributed by atoms with E-state index in [2.05, 4.69) is 0 Å². The molecule has 0 bridgehead atoms. The van der Waals surface area contributed by atoms with Crippen LogP contribution in [0.3, 0.4) is 0 Å². The molecular weight excluding hydrogens is 300 g/mol. The van der Waals surface area contributed by atoms with E-state index >= 15 is 0 Å². The van der Waals surface area contributed by atoms with Crippen LogP contribution in [0.2, 0.25) is 0 Å². The van der Waals surface area contributed by atoms with Gasteiger partial charge in [0.05, 0.1) is 18.1 Å². The summed E-state index contributed by atoms with van der Waals surface area (Å²) in [6.45, 7) is -0.118. The molecule has 0 saturated carbocycles. The molecule has 1 aliphatic heterocycles. The average molecular weight is 314 g/mol. The number of carbonyl (C=O) groups excluding carboxylic acids is 1. The van der Waals surface area contributed by atoms with Crippen molar-refractivity contribution in [3.63, 3.8) is 0 Å². The van der Waals surface area contributed by atoms with Gasteiger partial charge in [-0.05, 0) is 24.3 Å². The van der Waals surface area contributed by atoms with Crippen LogP contribution < -0.4 is 5.73 Å². The maximum atomic E-state index is 12.5.